The van der Waals surface area contributed by atoms with E-state index in [1.807, 2.05) is 30.3 Å². The third-order valence-corrected chi connectivity index (χ3v) is 11.6. The number of piperidine rings is 2. The topological polar surface area (TPSA) is 162 Å². The van der Waals surface area contributed by atoms with Gasteiger partial charge in [-0.2, -0.15) is 4.98 Å². The fourth-order valence-corrected chi connectivity index (χ4v) is 8.31. The second kappa shape index (κ2) is 15.5. The molecule has 15 nitrogen and oxygen atoms in total. The monoisotopic (exact) mass is 781 g/mol. The number of ether oxygens (including phenoxy) is 1. The van der Waals surface area contributed by atoms with Gasteiger partial charge >= 0.3 is 0 Å². The van der Waals surface area contributed by atoms with E-state index >= 15 is 0 Å². The van der Waals surface area contributed by atoms with Crippen LogP contribution in [-0.4, -0.2) is 106 Å². The zero-order valence-electron chi connectivity index (χ0n) is 31.4. The van der Waals surface area contributed by atoms with Crippen molar-refractivity contribution in [2.24, 2.45) is 13.0 Å². The summed E-state index contributed by atoms with van der Waals surface area (Å²) in [7, 11) is 1.67. The largest absolute Gasteiger partial charge is 0.480 e. The highest BCUT2D eigenvalue weighted by Gasteiger charge is 2.39. The third kappa shape index (κ3) is 7.65. The Morgan fingerprint density at radius 3 is 2.50 bits per heavy atom. The van der Waals surface area contributed by atoms with Crippen LogP contribution in [0.2, 0.25) is 5.02 Å². The first-order chi connectivity index (χ1) is 27.0. The number of pyridine rings is 1. The van der Waals surface area contributed by atoms with Crippen molar-refractivity contribution >= 4 is 69.1 Å². The quantitative estimate of drug-likeness (QED) is 0.226. The lowest BCUT2D eigenvalue weighted by Crippen LogP contribution is -2.52. The van der Waals surface area contributed by atoms with Crippen LogP contribution in [-0.2, 0) is 28.0 Å². The van der Waals surface area contributed by atoms with E-state index in [0.29, 0.717) is 46.8 Å². The first-order valence-corrected chi connectivity index (χ1v) is 19.4. The van der Waals surface area contributed by atoms with Crippen LogP contribution < -0.4 is 30.7 Å². The number of hydrogen-bond donors (Lipinski definition) is 2. The number of ketones is 1. The maximum atomic E-state index is 13.1. The fourth-order valence-electron chi connectivity index (χ4n) is 8.18. The third-order valence-electron chi connectivity index (χ3n) is 11.3. The summed E-state index contributed by atoms with van der Waals surface area (Å²) in [4.78, 5) is 79.4. The van der Waals surface area contributed by atoms with Gasteiger partial charge in [-0.05, 0) is 80.1 Å². The number of amides is 3. The summed E-state index contributed by atoms with van der Waals surface area (Å²) in [5.41, 5.74) is 3.77. The van der Waals surface area contributed by atoms with Crippen molar-refractivity contribution in [1.29, 1.82) is 0 Å². The number of aryl methyl sites for hydroxylation is 1. The van der Waals surface area contributed by atoms with Gasteiger partial charge < -0.3 is 29.3 Å². The predicted octanol–water partition coefficient (Wildman–Crippen LogP) is 3.49. The van der Waals surface area contributed by atoms with Crippen LogP contribution >= 0.6 is 11.6 Å². The van der Waals surface area contributed by atoms with Crippen LogP contribution in [0.25, 0.3) is 10.9 Å². The number of nitrogens with one attached hydrogen (secondary N) is 2. The lowest BCUT2D eigenvalue weighted by atomic mass is 9.96. The lowest BCUT2D eigenvalue weighted by Gasteiger charge is -2.39. The molecule has 0 radical (unpaired) electrons. The molecule has 3 fully saturated rings. The average molecular weight is 782 g/mol. The first kappa shape index (κ1) is 37.4. The number of benzene rings is 2. The number of Topliss-reactive ketones (excluding diaryl/α,β-unsaturated/α-hetero) is 1. The fraction of sp³-hybridized carbons (Fsp3) is 0.425. The highest BCUT2D eigenvalue weighted by molar-refractivity contribution is 6.33. The molecule has 8 rings (SSSR count). The normalized spacial score (nSPS) is 19.4. The number of imide groups is 1. The van der Waals surface area contributed by atoms with Crippen LogP contribution in [0.1, 0.15) is 48.5 Å². The molecular weight excluding hydrogens is 738 g/mol. The molecule has 0 aliphatic carbocycles. The number of carbonyl (C=O) groups is 4. The molecule has 0 bridgehead atoms. The Bertz CT molecular complexity index is 2280. The molecular formula is C40H44ClN9O6. The van der Waals surface area contributed by atoms with E-state index in [0.717, 1.165) is 81.0 Å². The number of rotatable bonds is 10. The van der Waals surface area contributed by atoms with Gasteiger partial charge in [0, 0.05) is 88.2 Å². The lowest BCUT2D eigenvalue weighted by molar-refractivity contribution is -0.137. The molecule has 16 heteroatoms. The highest BCUT2D eigenvalue weighted by atomic mass is 35.5. The van der Waals surface area contributed by atoms with Crippen molar-refractivity contribution in [2.75, 3.05) is 67.5 Å². The Morgan fingerprint density at radius 1 is 0.964 bits per heavy atom. The molecule has 6 heterocycles. The van der Waals surface area contributed by atoms with E-state index in [1.54, 1.807) is 24.2 Å². The first-order valence-electron chi connectivity index (χ1n) is 19.1. The minimum absolute atomic E-state index is 0.109. The van der Waals surface area contributed by atoms with Crippen LogP contribution in [0, 0.1) is 5.92 Å². The Hall–Kier alpha value is -5.54. The van der Waals surface area contributed by atoms with E-state index < -0.39 is 11.9 Å². The van der Waals surface area contributed by atoms with Gasteiger partial charge in [-0.15, -0.1) is 0 Å². The van der Waals surface area contributed by atoms with Crippen molar-refractivity contribution < 1.29 is 23.9 Å². The minimum Gasteiger partial charge on any atom is -0.480 e. The number of nitrogens with zero attached hydrogens (tertiary/aromatic N) is 7. The molecule has 1 unspecified atom stereocenters. The number of halogens is 1. The molecule has 1 atom stereocenters. The summed E-state index contributed by atoms with van der Waals surface area (Å²) in [6, 6.07) is 12.6. The maximum absolute atomic E-state index is 13.1. The van der Waals surface area contributed by atoms with E-state index in [9.17, 15) is 24.0 Å². The second-order valence-corrected chi connectivity index (χ2v) is 15.5. The molecule has 0 saturated carbocycles. The maximum Gasteiger partial charge on any atom is 0.293 e. The SMILES string of the molecule is CC(=O)COc1cc2cc(Nc3nc(N4CCC(CN5CCN(c6ccc7c(c6)CN(C6CCC(=O)NC6=O)C7=O)CC5)CC4)ncc3Cl)ccc2n(C)c1=O. The minimum atomic E-state index is -0.613. The van der Waals surface area contributed by atoms with Crippen molar-refractivity contribution in [2.45, 2.75) is 45.2 Å². The van der Waals surface area contributed by atoms with Gasteiger partial charge in [-0.1, -0.05) is 11.6 Å². The molecule has 292 valence electrons. The molecule has 2 aromatic heterocycles. The van der Waals surface area contributed by atoms with Crippen LogP contribution in [0.15, 0.2) is 53.5 Å². The molecule has 4 aromatic rings. The van der Waals surface area contributed by atoms with Crippen molar-refractivity contribution in [3.05, 3.63) is 75.2 Å². The molecule has 4 aliphatic rings. The van der Waals surface area contributed by atoms with Gasteiger partial charge in [0.25, 0.3) is 11.5 Å². The standard InChI is InChI=1S/C40H44ClN9O6/c1-24(51)23-56-34-19-26-17-28(3-6-32(26)46(2)39(34)55)43-36-31(41)20-42-40(45-36)49-11-9-25(10-12-49)21-47-13-15-48(16-14-47)29-4-5-30-27(18-29)22-50(38(30)54)33-7-8-35(52)44-37(33)53/h3-6,17-20,25,33H,7-16,21-23H2,1-2H3,(H,42,43,45)(H,44,52,53). The second-order valence-electron chi connectivity index (χ2n) is 15.1. The summed E-state index contributed by atoms with van der Waals surface area (Å²) in [6.07, 6.45) is 4.26. The zero-order chi connectivity index (χ0) is 39.1. The molecule has 4 aliphatic heterocycles. The molecule has 3 saturated heterocycles. The van der Waals surface area contributed by atoms with Crippen molar-refractivity contribution in [3.8, 4) is 5.75 Å². The van der Waals surface area contributed by atoms with E-state index in [2.05, 4.69) is 36.4 Å². The van der Waals surface area contributed by atoms with E-state index in [1.165, 1.54) is 11.5 Å². The predicted molar refractivity (Wildman–Crippen MR) is 212 cm³/mol. The highest BCUT2D eigenvalue weighted by Crippen LogP contribution is 2.32. The molecule has 2 N–H and O–H groups in total. The Kier molecular flexibility index (Phi) is 10.4. The number of piperazine rings is 1. The summed E-state index contributed by atoms with van der Waals surface area (Å²) in [6.45, 7) is 8.00. The van der Waals surface area contributed by atoms with Crippen molar-refractivity contribution in [1.82, 2.24) is 29.7 Å². The summed E-state index contributed by atoms with van der Waals surface area (Å²) >= 11 is 6.55. The number of fused-ring (bicyclic) bond motifs is 2. The number of carbonyl (C=O) groups excluding carboxylic acids is 4. The Morgan fingerprint density at radius 2 is 1.75 bits per heavy atom. The van der Waals surface area contributed by atoms with Gasteiger partial charge in [0.2, 0.25) is 17.8 Å². The molecule has 0 spiro atoms. The molecule has 56 heavy (non-hydrogen) atoms. The van der Waals surface area contributed by atoms with Gasteiger partial charge in [-0.3, -0.25) is 34.2 Å². The summed E-state index contributed by atoms with van der Waals surface area (Å²) in [5.74, 6) is 0.761. The Balaban J connectivity index is 0.835. The smallest absolute Gasteiger partial charge is 0.293 e. The van der Waals surface area contributed by atoms with E-state index in [-0.39, 0.29) is 41.9 Å². The van der Waals surface area contributed by atoms with Crippen LogP contribution in [0.3, 0.4) is 0 Å². The summed E-state index contributed by atoms with van der Waals surface area (Å²) in [5, 5.41) is 6.82. The zero-order valence-corrected chi connectivity index (χ0v) is 32.2. The molecule has 3 amide bonds. The number of anilines is 4. The van der Waals surface area contributed by atoms with Gasteiger partial charge in [-0.25, -0.2) is 4.98 Å². The van der Waals surface area contributed by atoms with Crippen LogP contribution in [0.5, 0.6) is 5.75 Å². The van der Waals surface area contributed by atoms with Gasteiger partial charge in [0.1, 0.15) is 17.7 Å². The number of aromatic nitrogens is 3. The molecule has 2 aromatic carbocycles. The van der Waals surface area contributed by atoms with Crippen LogP contribution in [0.4, 0.5) is 23.1 Å². The average Bonchev–Trinajstić information content (AvgIpc) is 3.51. The van der Waals surface area contributed by atoms with Gasteiger partial charge in [0.05, 0.1) is 11.7 Å². The number of hydrogen-bond acceptors (Lipinski definition) is 12. The van der Waals surface area contributed by atoms with Crippen molar-refractivity contribution in [3.63, 3.8) is 0 Å². The van der Waals surface area contributed by atoms with Gasteiger partial charge in [0.15, 0.2) is 17.4 Å². The Labute approximate surface area is 328 Å². The van der Waals surface area contributed by atoms with E-state index in [4.69, 9.17) is 21.3 Å². The summed E-state index contributed by atoms with van der Waals surface area (Å²) < 4.78 is 6.97.